The van der Waals surface area contributed by atoms with Gasteiger partial charge in [0.05, 0.1) is 11.3 Å². The number of benzene rings is 2. The summed E-state index contributed by atoms with van der Waals surface area (Å²) in [6, 6.07) is 13.4. The number of nitrogen functional groups attached to an aromatic ring is 1. The molecular formula is C14H13N3O3. The molecule has 20 heavy (non-hydrogen) atoms. The highest BCUT2D eigenvalue weighted by atomic mass is 16.6. The number of amides is 1. The van der Waals surface area contributed by atoms with E-state index in [-0.39, 0.29) is 23.7 Å². The van der Waals surface area contributed by atoms with Crippen LogP contribution in [-0.4, -0.2) is 10.8 Å². The smallest absolute Gasteiger partial charge is 0.294 e. The van der Waals surface area contributed by atoms with Crippen LogP contribution in [0.5, 0.6) is 0 Å². The lowest BCUT2D eigenvalue weighted by Gasteiger charge is -2.06. The predicted molar refractivity (Wildman–Crippen MR) is 76.3 cm³/mol. The van der Waals surface area contributed by atoms with Crippen LogP contribution in [0.1, 0.15) is 5.56 Å². The van der Waals surface area contributed by atoms with E-state index in [1.165, 1.54) is 18.2 Å². The Kier molecular flexibility index (Phi) is 3.95. The molecule has 0 aliphatic heterocycles. The molecule has 2 aromatic carbocycles. The number of rotatable bonds is 4. The van der Waals surface area contributed by atoms with E-state index < -0.39 is 4.92 Å². The fraction of sp³-hybridized carbons (Fsp3) is 0.0714. The van der Waals surface area contributed by atoms with Crippen molar-refractivity contribution in [3.63, 3.8) is 0 Å². The standard InChI is InChI=1S/C14H13N3O3/c15-12-7-6-11(9-13(12)17(19)20)16-14(18)8-10-4-2-1-3-5-10/h1-7,9H,8,15H2,(H,16,18). The maximum absolute atomic E-state index is 11.8. The number of carbonyl (C=O) groups excluding carboxylic acids is 1. The first-order valence-corrected chi connectivity index (χ1v) is 5.94. The van der Waals surface area contributed by atoms with Gasteiger partial charge in [0.2, 0.25) is 5.91 Å². The number of anilines is 2. The number of nitro benzene ring substituents is 1. The highest BCUT2D eigenvalue weighted by Gasteiger charge is 2.13. The molecule has 2 rings (SSSR count). The van der Waals surface area contributed by atoms with Gasteiger partial charge in [-0.25, -0.2) is 0 Å². The van der Waals surface area contributed by atoms with E-state index in [4.69, 9.17) is 5.73 Å². The summed E-state index contributed by atoms with van der Waals surface area (Å²) >= 11 is 0. The second kappa shape index (κ2) is 5.83. The first-order valence-electron chi connectivity index (χ1n) is 5.94. The van der Waals surface area contributed by atoms with Gasteiger partial charge in [-0.05, 0) is 17.7 Å². The zero-order chi connectivity index (χ0) is 14.5. The quantitative estimate of drug-likeness (QED) is 0.506. The molecule has 0 saturated carbocycles. The van der Waals surface area contributed by atoms with Gasteiger partial charge < -0.3 is 11.1 Å². The second-order valence-corrected chi connectivity index (χ2v) is 4.24. The molecule has 1 amide bonds. The average molecular weight is 271 g/mol. The summed E-state index contributed by atoms with van der Waals surface area (Å²) in [6.07, 6.45) is 0.207. The largest absolute Gasteiger partial charge is 0.393 e. The van der Waals surface area contributed by atoms with Gasteiger partial charge >= 0.3 is 0 Å². The van der Waals surface area contributed by atoms with Gasteiger partial charge in [0.25, 0.3) is 5.69 Å². The Morgan fingerprint density at radius 2 is 1.90 bits per heavy atom. The van der Waals surface area contributed by atoms with E-state index in [1.807, 2.05) is 30.3 Å². The number of carbonyl (C=O) groups is 1. The molecule has 0 radical (unpaired) electrons. The fourth-order valence-electron chi connectivity index (χ4n) is 1.77. The van der Waals surface area contributed by atoms with Gasteiger partial charge in [0.15, 0.2) is 0 Å². The molecule has 2 aromatic rings. The number of nitro groups is 1. The molecule has 0 aliphatic rings. The van der Waals surface area contributed by atoms with Crippen molar-refractivity contribution in [2.24, 2.45) is 0 Å². The molecule has 0 aliphatic carbocycles. The Morgan fingerprint density at radius 3 is 2.55 bits per heavy atom. The van der Waals surface area contributed by atoms with Gasteiger partial charge in [0, 0.05) is 11.8 Å². The van der Waals surface area contributed by atoms with Crippen LogP contribution in [0.3, 0.4) is 0 Å². The molecule has 3 N–H and O–H groups in total. The van der Waals surface area contributed by atoms with Crippen LogP contribution in [0.15, 0.2) is 48.5 Å². The number of hydrogen-bond donors (Lipinski definition) is 2. The number of nitrogens with two attached hydrogens (primary N) is 1. The van der Waals surface area contributed by atoms with E-state index in [9.17, 15) is 14.9 Å². The lowest BCUT2D eigenvalue weighted by atomic mass is 10.1. The van der Waals surface area contributed by atoms with Gasteiger partial charge in [-0.3, -0.25) is 14.9 Å². The van der Waals surface area contributed by atoms with Gasteiger partial charge in [-0.15, -0.1) is 0 Å². The van der Waals surface area contributed by atoms with E-state index in [1.54, 1.807) is 0 Å². The van der Waals surface area contributed by atoms with Crippen molar-refractivity contribution < 1.29 is 9.72 Å². The topological polar surface area (TPSA) is 98.3 Å². The van der Waals surface area contributed by atoms with Crippen LogP contribution >= 0.6 is 0 Å². The molecular weight excluding hydrogens is 258 g/mol. The minimum Gasteiger partial charge on any atom is -0.393 e. The van der Waals surface area contributed by atoms with Gasteiger partial charge in [0.1, 0.15) is 5.69 Å². The van der Waals surface area contributed by atoms with Crippen LogP contribution in [0.25, 0.3) is 0 Å². The van der Waals surface area contributed by atoms with Crippen molar-refractivity contribution in [2.75, 3.05) is 11.1 Å². The molecule has 0 saturated heterocycles. The Morgan fingerprint density at radius 1 is 1.20 bits per heavy atom. The zero-order valence-corrected chi connectivity index (χ0v) is 10.6. The zero-order valence-electron chi connectivity index (χ0n) is 10.6. The summed E-state index contributed by atoms with van der Waals surface area (Å²) < 4.78 is 0. The van der Waals surface area contributed by atoms with E-state index in [2.05, 4.69) is 5.32 Å². The predicted octanol–water partition coefficient (Wildman–Crippen LogP) is 2.36. The monoisotopic (exact) mass is 271 g/mol. The van der Waals surface area contributed by atoms with E-state index >= 15 is 0 Å². The molecule has 0 heterocycles. The Bertz CT molecular complexity index is 641. The van der Waals surface area contributed by atoms with Crippen molar-refractivity contribution in [3.05, 3.63) is 64.2 Å². The minimum absolute atomic E-state index is 0.0658. The first-order chi connectivity index (χ1) is 9.56. The maximum atomic E-state index is 11.8. The summed E-state index contributed by atoms with van der Waals surface area (Å²) in [4.78, 5) is 22.0. The molecule has 0 atom stereocenters. The van der Waals surface area contributed by atoms with Crippen molar-refractivity contribution in [1.29, 1.82) is 0 Å². The Labute approximate surface area is 115 Å². The molecule has 102 valence electrons. The summed E-state index contributed by atoms with van der Waals surface area (Å²) in [5, 5.41) is 13.4. The third kappa shape index (κ3) is 3.32. The fourth-order valence-corrected chi connectivity index (χ4v) is 1.77. The Hall–Kier alpha value is -2.89. The molecule has 0 unspecified atom stereocenters. The molecule has 0 spiro atoms. The molecule has 6 nitrogen and oxygen atoms in total. The average Bonchev–Trinajstić information content (AvgIpc) is 2.41. The number of nitrogens with zero attached hydrogens (tertiary/aromatic N) is 1. The van der Waals surface area contributed by atoms with E-state index in [0.717, 1.165) is 5.56 Å². The van der Waals surface area contributed by atoms with Gasteiger partial charge in [-0.2, -0.15) is 0 Å². The third-order valence-electron chi connectivity index (χ3n) is 2.72. The Balaban J connectivity index is 2.08. The molecule has 0 bridgehead atoms. The number of nitrogens with one attached hydrogen (secondary N) is 1. The van der Waals surface area contributed by atoms with Crippen LogP contribution in [-0.2, 0) is 11.2 Å². The SMILES string of the molecule is Nc1ccc(NC(=O)Cc2ccccc2)cc1[N+](=O)[O-]. The summed E-state index contributed by atoms with van der Waals surface area (Å²) in [6.45, 7) is 0. The summed E-state index contributed by atoms with van der Waals surface area (Å²) in [5.74, 6) is -0.240. The van der Waals surface area contributed by atoms with Gasteiger partial charge in [-0.1, -0.05) is 30.3 Å². The van der Waals surface area contributed by atoms with Crippen LogP contribution in [0.4, 0.5) is 17.1 Å². The van der Waals surface area contributed by atoms with E-state index in [0.29, 0.717) is 5.69 Å². The summed E-state index contributed by atoms with van der Waals surface area (Å²) in [7, 11) is 0. The first kappa shape index (κ1) is 13.5. The molecule has 0 aromatic heterocycles. The second-order valence-electron chi connectivity index (χ2n) is 4.24. The lowest BCUT2D eigenvalue weighted by molar-refractivity contribution is -0.383. The normalized spacial score (nSPS) is 10.0. The van der Waals surface area contributed by atoms with Crippen molar-refractivity contribution in [2.45, 2.75) is 6.42 Å². The number of hydrogen-bond acceptors (Lipinski definition) is 4. The van der Waals surface area contributed by atoms with Crippen LogP contribution in [0.2, 0.25) is 0 Å². The van der Waals surface area contributed by atoms with Crippen molar-refractivity contribution >= 4 is 23.0 Å². The summed E-state index contributed by atoms with van der Waals surface area (Å²) in [5.41, 5.74) is 6.56. The van der Waals surface area contributed by atoms with Crippen LogP contribution < -0.4 is 11.1 Å². The van der Waals surface area contributed by atoms with Crippen LogP contribution in [0, 0.1) is 10.1 Å². The minimum atomic E-state index is -0.581. The molecule has 0 fully saturated rings. The highest BCUT2D eigenvalue weighted by molar-refractivity contribution is 5.93. The van der Waals surface area contributed by atoms with Crippen molar-refractivity contribution in [3.8, 4) is 0 Å². The maximum Gasteiger partial charge on any atom is 0.294 e. The molecule has 6 heteroatoms. The van der Waals surface area contributed by atoms with Crippen molar-refractivity contribution in [1.82, 2.24) is 0 Å². The lowest BCUT2D eigenvalue weighted by Crippen LogP contribution is -2.14. The third-order valence-corrected chi connectivity index (χ3v) is 2.72. The highest BCUT2D eigenvalue weighted by Crippen LogP contribution is 2.25.